The molecule has 3 aliphatic heterocycles. The fourth-order valence-corrected chi connectivity index (χ4v) is 8.21. The highest BCUT2D eigenvalue weighted by Gasteiger charge is 2.28. The van der Waals surface area contributed by atoms with Crippen molar-refractivity contribution < 1.29 is 14.4 Å². The number of nitrogens with zero attached hydrogens (tertiary/aromatic N) is 6. The minimum atomic E-state index is -0.270. The first kappa shape index (κ1) is 41.1. The van der Waals surface area contributed by atoms with Gasteiger partial charge in [0.2, 0.25) is 11.8 Å². The first-order chi connectivity index (χ1) is 30.9. The average molecular weight is 830 g/mol. The summed E-state index contributed by atoms with van der Waals surface area (Å²) >= 11 is 0. The summed E-state index contributed by atoms with van der Waals surface area (Å²) in [5.74, 6) is 13.2. The Labute approximate surface area is 368 Å². The zero-order valence-corrected chi connectivity index (χ0v) is 35.1. The number of piperidine rings is 1. The van der Waals surface area contributed by atoms with Crippen LogP contribution in [-0.4, -0.2) is 93.2 Å². The number of carbonyl (C=O) groups is 3. The van der Waals surface area contributed by atoms with Gasteiger partial charge in [0.05, 0.1) is 30.2 Å². The van der Waals surface area contributed by atoms with Crippen molar-refractivity contribution in [3.8, 4) is 35.1 Å². The van der Waals surface area contributed by atoms with E-state index in [1.807, 2.05) is 90.1 Å². The Hall–Kier alpha value is -7.24. The number of fused-ring (bicyclic) bond motifs is 2. The number of nitrogens with one attached hydrogen (secondary N) is 1. The highest BCUT2D eigenvalue weighted by molar-refractivity contribution is 6.01. The number of piperazine rings is 1. The number of hydrogen-bond donors (Lipinski definition) is 1. The number of rotatable bonds is 8. The Morgan fingerprint density at radius 2 is 1.44 bits per heavy atom. The number of imide groups is 1. The van der Waals surface area contributed by atoms with E-state index < -0.39 is 0 Å². The van der Waals surface area contributed by atoms with Gasteiger partial charge in [0.25, 0.3) is 5.91 Å². The van der Waals surface area contributed by atoms with Crippen molar-refractivity contribution in [3.63, 3.8) is 0 Å². The Morgan fingerprint density at radius 1 is 0.746 bits per heavy atom. The van der Waals surface area contributed by atoms with Crippen LogP contribution < -0.4 is 5.32 Å². The molecule has 2 aromatic heterocycles. The van der Waals surface area contributed by atoms with Crippen molar-refractivity contribution in [2.45, 2.75) is 38.1 Å². The molecule has 5 heterocycles. The molecule has 3 aliphatic rings. The van der Waals surface area contributed by atoms with Crippen LogP contribution in [0.5, 0.6) is 0 Å². The molecule has 2 saturated heterocycles. The van der Waals surface area contributed by atoms with Crippen LogP contribution in [0.3, 0.4) is 0 Å². The van der Waals surface area contributed by atoms with Gasteiger partial charge in [0, 0.05) is 92.1 Å². The van der Waals surface area contributed by atoms with E-state index in [9.17, 15) is 14.4 Å². The van der Waals surface area contributed by atoms with Gasteiger partial charge in [0.1, 0.15) is 0 Å². The number of amides is 3. The van der Waals surface area contributed by atoms with Crippen molar-refractivity contribution in [2.24, 2.45) is 0 Å². The fourth-order valence-electron chi connectivity index (χ4n) is 8.21. The van der Waals surface area contributed by atoms with E-state index in [4.69, 9.17) is 4.98 Å². The molecule has 1 atom stereocenters. The smallest absolute Gasteiger partial charge is 0.254 e. The molecule has 63 heavy (non-hydrogen) atoms. The van der Waals surface area contributed by atoms with Crippen molar-refractivity contribution in [3.05, 3.63) is 160 Å². The second-order valence-corrected chi connectivity index (χ2v) is 16.2. The topological polar surface area (TPSA) is 112 Å². The maximum Gasteiger partial charge on any atom is 0.254 e. The van der Waals surface area contributed by atoms with Gasteiger partial charge >= 0.3 is 0 Å². The number of benzene rings is 4. The van der Waals surface area contributed by atoms with E-state index in [0.717, 1.165) is 108 Å². The zero-order chi connectivity index (χ0) is 43.0. The highest BCUT2D eigenvalue weighted by atomic mass is 16.2. The lowest BCUT2D eigenvalue weighted by Crippen LogP contribution is -2.46. The van der Waals surface area contributed by atoms with Gasteiger partial charge in [-0.1, -0.05) is 90.4 Å². The molecule has 0 radical (unpaired) electrons. The van der Waals surface area contributed by atoms with Gasteiger partial charge in [-0.05, 0) is 83.6 Å². The van der Waals surface area contributed by atoms with E-state index >= 15 is 0 Å². The standard InChI is InChI=1S/C53H47N7O3/c61-50-25-24-47(52(62)57-50)42-20-16-38(17-21-42)6-3-4-27-58-30-32-59(33-31-58)28-5-7-39-10-12-40(13-11-39)14-15-41-18-22-43(23-19-41)53(63)60-29-26-45-35-55-51(56-49(45)37-60)46-34-44-8-1-2-9-48(44)54-36-46/h1-2,8-23,34-36,47H,4,24-33,37H2,(H,57,61,62)/b15-14+. The summed E-state index contributed by atoms with van der Waals surface area (Å²) in [4.78, 5) is 58.0. The minimum absolute atomic E-state index is 0.00398. The lowest BCUT2D eigenvalue weighted by atomic mass is 9.90. The molecule has 0 saturated carbocycles. The molecular formula is C53H47N7O3. The highest BCUT2D eigenvalue weighted by Crippen LogP contribution is 2.26. The second-order valence-electron chi connectivity index (χ2n) is 16.2. The monoisotopic (exact) mass is 829 g/mol. The van der Waals surface area contributed by atoms with E-state index in [0.29, 0.717) is 37.3 Å². The molecule has 1 N–H and O–H groups in total. The van der Waals surface area contributed by atoms with Crippen LogP contribution in [0.25, 0.3) is 34.4 Å². The maximum atomic E-state index is 13.6. The summed E-state index contributed by atoms with van der Waals surface area (Å²) in [7, 11) is 0. The molecule has 312 valence electrons. The summed E-state index contributed by atoms with van der Waals surface area (Å²) in [6, 6.07) is 33.9. The third-order valence-corrected chi connectivity index (χ3v) is 12.0. The minimum Gasteiger partial charge on any atom is -0.332 e. The van der Waals surface area contributed by atoms with Gasteiger partial charge in [0.15, 0.2) is 5.82 Å². The molecular weight excluding hydrogens is 783 g/mol. The normalized spacial score (nSPS) is 16.8. The van der Waals surface area contributed by atoms with Gasteiger partial charge in [-0.15, -0.1) is 0 Å². The summed E-state index contributed by atoms with van der Waals surface area (Å²) in [5.41, 5.74) is 9.35. The van der Waals surface area contributed by atoms with Crippen LogP contribution in [0.15, 0.2) is 116 Å². The van der Waals surface area contributed by atoms with E-state index in [1.54, 1.807) is 0 Å². The molecule has 9 rings (SSSR count). The third kappa shape index (κ3) is 10.3. The lowest BCUT2D eigenvalue weighted by molar-refractivity contribution is -0.134. The molecule has 1 unspecified atom stereocenters. The van der Waals surface area contributed by atoms with Gasteiger partial charge < -0.3 is 4.90 Å². The summed E-state index contributed by atoms with van der Waals surface area (Å²) < 4.78 is 0. The van der Waals surface area contributed by atoms with Crippen LogP contribution in [0.2, 0.25) is 0 Å². The molecule has 3 amide bonds. The van der Waals surface area contributed by atoms with Crippen molar-refractivity contribution in [1.29, 1.82) is 0 Å². The SMILES string of the molecule is O=C1CCC(c2ccc(C#CCCN3CCN(CC#Cc4ccc(/C=C/c5ccc(C(=O)N6CCc7cnc(-c8cnc9ccccc9c8)nc7C6)cc5)cc4)CC3)cc2)C(=O)N1. The largest absolute Gasteiger partial charge is 0.332 e. The first-order valence-corrected chi connectivity index (χ1v) is 21.6. The lowest BCUT2D eigenvalue weighted by Gasteiger charge is -2.33. The number of para-hydroxylation sites is 1. The number of pyridine rings is 1. The molecule has 0 spiro atoms. The van der Waals surface area contributed by atoms with Gasteiger partial charge in [-0.3, -0.25) is 34.5 Å². The molecule has 6 aromatic rings. The average Bonchev–Trinajstić information content (AvgIpc) is 3.33. The van der Waals surface area contributed by atoms with Crippen LogP contribution in [0, 0.1) is 23.7 Å². The van der Waals surface area contributed by atoms with E-state index in [2.05, 4.69) is 91.3 Å². The molecule has 0 bridgehead atoms. The summed E-state index contributed by atoms with van der Waals surface area (Å²) in [5, 5.41) is 3.47. The third-order valence-electron chi connectivity index (χ3n) is 12.0. The van der Waals surface area contributed by atoms with Crippen LogP contribution in [-0.2, 0) is 22.6 Å². The Balaban J connectivity index is 0.697. The van der Waals surface area contributed by atoms with Crippen LogP contribution >= 0.6 is 0 Å². The maximum absolute atomic E-state index is 13.6. The molecule has 4 aromatic carbocycles. The molecule has 10 nitrogen and oxygen atoms in total. The van der Waals surface area contributed by atoms with Crippen molar-refractivity contribution in [1.82, 2.24) is 35.0 Å². The first-order valence-electron chi connectivity index (χ1n) is 21.6. The van der Waals surface area contributed by atoms with Crippen molar-refractivity contribution in [2.75, 3.05) is 45.8 Å². The number of aromatic nitrogens is 3. The summed E-state index contributed by atoms with van der Waals surface area (Å²) in [6.07, 6.45) is 10.3. The van der Waals surface area contributed by atoms with Gasteiger partial charge in [-0.25, -0.2) is 9.97 Å². The quantitative estimate of drug-likeness (QED) is 0.0994. The second kappa shape index (κ2) is 19.2. The summed E-state index contributed by atoms with van der Waals surface area (Å²) in [6.45, 7) is 6.71. The molecule has 10 heteroatoms. The van der Waals surface area contributed by atoms with Crippen LogP contribution in [0.1, 0.15) is 74.6 Å². The molecule has 0 aliphatic carbocycles. The van der Waals surface area contributed by atoms with Crippen molar-refractivity contribution >= 4 is 40.8 Å². The number of carbonyl (C=O) groups excluding carboxylic acids is 3. The van der Waals surface area contributed by atoms with E-state index in [1.165, 1.54) is 0 Å². The fraction of sp³-hybridized carbons (Fsp3) is 0.245. The predicted octanol–water partition coefficient (Wildman–Crippen LogP) is 6.99. The Morgan fingerprint density at radius 3 is 2.21 bits per heavy atom. The number of hydrogen-bond acceptors (Lipinski definition) is 8. The van der Waals surface area contributed by atoms with Gasteiger partial charge in [-0.2, -0.15) is 0 Å². The predicted molar refractivity (Wildman–Crippen MR) is 246 cm³/mol. The van der Waals surface area contributed by atoms with Crippen LogP contribution in [0.4, 0.5) is 0 Å². The zero-order valence-electron chi connectivity index (χ0n) is 35.1. The van der Waals surface area contributed by atoms with E-state index in [-0.39, 0.29) is 23.6 Å². The Kier molecular flexibility index (Phi) is 12.5. The Bertz CT molecular complexity index is 2810. The molecule has 2 fully saturated rings.